The number of hydrogen-bond donors (Lipinski definition) is 1. The molecule has 10 heavy (non-hydrogen) atoms. The van der Waals surface area contributed by atoms with Gasteiger partial charge in [0.05, 0.1) is 6.10 Å². The van der Waals surface area contributed by atoms with Crippen molar-refractivity contribution in [3.05, 3.63) is 0 Å². The van der Waals surface area contributed by atoms with Gasteiger partial charge in [-0.05, 0) is 26.4 Å². The molecule has 1 saturated carbocycles. The number of hydrogen-bond acceptors (Lipinski definition) is 2. The van der Waals surface area contributed by atoms with Gasteiger partial charge in [0.1, 0.15) is 0 Å². The van der Waals surface area contributed by atoms with Crippen LogP contribution < -0.4 is 0 Å². The van der Waals surface area contributed by atoms with Crippen LogP contribution in [-0.4, -0.2) is 35.7 Å². The van der Waals surface area contributed by atoms with E-state index in [0.29, 0.717) is 6.04 Å². The summed E-state index contributed by atoms with van der Waals surface area (Å²) in [6.45, 7) is 3.24. The zero-order chi connectivity index (χ0) is 6.85. The highest BCUT2D eigenvalue weighted by molar-refractivity contribution is 5.85. The Labute approximate surface area is 68.6 Å². The van der Waals surface area contributed by atoms with Crippen LogP contribution in [-0.2, 0) is 0 Å². The van der Waals surface area contributed by atoms with E-state index >= 15 is 0 Å². The Morgan fingerprint density at radius 1 is 1.50 bits per heavy atom. The lowest BCUT2D eigenvalue weighted by Crippen LogP contribution is -2.44. The summed E-state index contributed by atoms with van der Waals surface area (Å²) >= 11 is 0. The average Bonchev–Trinajstić information content (AvgIpc) is 1.79. The van der Waals surface area contributed by atoms with E-state index in [1.807, 2.05) is 0 Å². The molecular weight excluding hydrogens is 150 g/mol. The smallest absolute Gasteiger partial charge is 0.0570 e. The second kappa shape index (κ2) is 4.16. The van der Waals surface area contributed by atoms with Gasteiger partial charge in [-0.1, -0.05) is 6.92 Å². The van der Waals surface area contributed by atoms with Crippen molar-refractivity contribution in [3.63, 3.8) is 0 Å². The maximum Gasteiger partial charge on any atom is 0.0570 e. The normalized spacial score (nSPS) is 31.2. The van der Waals surface area contributed by atoms with Crippen molar-refractivity contribution in [2.75, 3.05) is 13.6 Å². The molecule has 2 nitrogen and oxygen atoms in total. The van der Waals surface area contributed by atoms with Crippen molar-refractivity contribution < 1.29 is 5.11 Å². The van der Waals surface area contributed by atoms with Crippen molar-refractivity contribution in [2.45, 2.75) is 31.9 Å². The van der Waals surface area contributed by atoms with Gasteiger partial charge in [-0.2, -0.15) is 0 Å². The molecule has 0 heterocycles. The lowest BCUT2D eigenvalue weighted by atomic mass is 9.88. The second-order valence-electron chi connectivity index (χ2n) is 2.85. The Bertz CT molecular complexity index is 93.6. The quantitative estimate of drug-likeness (QED) is 0.657. The van der Waals surface area contributed by atoms with Crippen LogP contribution in [0, 0.1) is 0 Å². The molecular formula is C7H16ClNO. The molecule has 1 fully saturated rings. The molecule has 1 aliphatic rings. The highest BCUT2D eigenvalue weighted by Crippen LogP contribution is 2.23. The van der Waals surface area contributed by atoms with Crippen molar-refractivity contribution in [2.24, 2.45) is 0 Å². The van der Waals surface area contributed by atoms with Crippen molar-refractivity contribution >= 4 is 12.4 Å². The van der Waals surface area contributed by atoms with Gasteiger partial charge in [0.15, 0.2) is 0 Å². The third-order valence-electron chi connectivity index (χ3n) is 2.21. The fraction of sp³-hybridized carbons (Fsp3) is 1.00. The van der Waals surface area contributed by atoms with Crippen LogP contribution in [0.25, 0.3) is 0 Å². The summed E-state index contributed by atoms with van der Waals surface area (Å²) in [4.78, 5) is 2.28. The SMILES string of the molecule is CCN(C)C1CC(O)C1.Cl. The lowest BCUT2D eigenvalue weighted by Gasteiger charge is -2.37. The summed E-state index contributed by atoms with van der Waals surface area (Å²) in [5.41, 5.74) is 0. The number of rotatable bonds is 2. The maximum absolute atomic E-state index is 8.94. The van der Waals surface area contributed by atoms with Gasteiger partial charge in [-0.25, -0.2) is 0 Å². The molecule has 0 saturated heterocycles. The van der Waals surface area contributed by atoms with E-state index in [4.69, 9.17) is 5.11 Å². The molecule has 1 rings (SSSR count). The highest BCUT2D eigenvalue weighted by atomic mass is 35.5. The van der Waals surface area contributed by atoms with Crippen LogP contribution >= 0.6 is 12.4 Å². The summed E-state index contributed by atoms with van der Waals surface area (Å²) in [5, 5.41) is 8.94. The fourth-order valence-electron chi connectivity index (χ4n) is 1.18. The van der Waals surface area contributed by atoms with E-state index < -0.39 is 0 Å². The first-order valence-electron chi connectivity index (χ1n) is 3.62. The summed E-state index contributed by atoms with van der Waals surface area (Å²) in [5.74, 6) is 0. The van der Waals surface area contributed by atoms with Gasteiger partial charge >= 0.3 is 0 Å². The third-order valence-corrected chi connectivity index (χ3v) is 2.21. The minimum atomic E-state index is -0.0102. The van der Waals surface area contributed by atoms with E-state index in [1.165, 1.54) is 0 Å². The van der Waals surface area contributed by atoms with Gasteiger partial charge in [0.25, 0.3) is 0 Å². The standard InChI is InChI=1S/C7H15NO.ClH/c1-3-8(2)6-4-7(9)5-6;/h6-7,9H,3-5H2,1-2H3;1H. The molecule has 0 aliphatic heterocycles. The molecule has 3 heteroatoms. The zero-order valence-corrected chi connectivity index (χ0v) is 7.40. The molecule has 0 bridgehead atoms. The average molecular weight is 166 g/mol. The van der Waals surface area contributed by atoms with E-state index in [-0.39, 0.29) is 18.5 Å². The number of aliphatic hydroxyl groups excluding tert-OH is 1. The predicted octanol–water partition coefficient (Wildman–Crippen LogP) is 0.883. The molecule has 0 spiro atoms. The van der Waals surface area contributed by atoms with E-state index in [9.17, 15) is 0 Å². The summed E-state index contributed by atoms with van der Waals surface area (Å²) < 4.78 is 0. The van der Waals surface area contributed by atoms with Crippen molar-refractivity contribution in [1.29, 1.82) is 0 Å². The molecule has 1 N–H and O–H groups in total. The zero-order valence-electron chi connectivity index (χ0n) is 6.58. The molecule has 62 valence electrons. The fourth-order valence-corrected chi connectivity index (χ4v) is 1.18. The Morgan fingerprint density at radius 2 is 2.00 bits per heavy atom. The molecule has 0 amide bonds. The number of nitrogens with zero attached hydrogens (tertiary/aromatic N) is 1. The van der Waals surface area contributed by atoms with Crippen molar-refractivity contribution in [3.8, 4) is 0 Å². The lowest BCUT2D eigenvalue weighted by molar-refractivity contribution is 0.0143. The van der Waals surface area contributed by atoms with E-state index in [1.54, 1.807) is 0 Å². The summed E-state index contributed by atoms with van der Waals surface area (Å²) in [7, 11) is 2.11. The molecule has 0 aromatic carbocycles. The monoisotopic (exact) mass is 165 g/mol. The van der Waals surface area contributed by atoms with Crippen LogP contribution in [0.1, 0.15) is 19.8 Å². The molecule has 0 atom stereocenters. The van der Waals surface area contributed by atoms with Gasteiger partial charge in [0.2, 0.25) is 0 Å². The van der Waals surface area contributed by atoms with Crippen LogP contribution in [0.4, 0.5) is 0 Å². The maximum atomic E-state index is 8.94. The number of halogens is 1. The Hall–Kier alpha value is 0.210. The Balaban J connectivity index is 0.000000810. The second-order valence-corrected chi connectivity index (χ2v) is 2.85. The van der Waals surface area contributed by atoms with Crippen LogP contribution in [0.2, 0.25) is 0 Å². The molecule has 0 unspecified atom stereocenters. The highest BCUT2D eigenvalue weighted by Gasteiger charge is 2.29. The number of aliphatic hydroxyl groups is 1. The molecule has 0 aromatic heterocycles. The summed E-state index contributed by atoms with van der Waals surface area (Å²) in [6, 6.07) is 0.657. The topological polar surface area (TPSA) is 23.5 Å². The molecule has 0 aromatic rings. The van der Waals surface area contributed by atoms with Crippen LogP contribution in [0.5, 0.6) is 0 Å². The van der Waals surface area contributed by atoms with Crippen molar-refractivity contribution in [1.82, 2.24) is 4.90 Å². The Morgan fingerprint density at radius 3 is 2.30 bits per heavy atom. The predicted molar refractivity (Wildman–Crippen MR) is 44.6 cm³/mol. The first-order chi connectivity index (χ1) is 4.24. The van der Waals surface area contributed by atoms with Gasteiger partial charge in [-0.3, -0.25) is 0 Å². The van der Waals surface area contributed by atoms with E-state index in [0.717, 1.165) is 19.4 Å². The third kappa shape index (κ3) is 2.11. The summed E-state index contributed by atoms with van der Waals surface area (Å²) in [6.07, 6.45) is 1.94. The minimum absolute atomic E-state index is 0. The Kier molecular flexibility index (Phi) is 4.25. The first-order valence-corrected chi connectivity index (χ1v) is 3.62. The van der Waals surface area contributed by atoms with Gasteiger partial charge in [-0.15, -0.1) is 12.4 Å². The largest absolute Gasteiger partial charge is 0.393 e. The first kappa shape index (κ1) is 10.2. The minimum Gasteiger partial charge on any atom is -0.393 e. The van der Waals surface area contributed by atoms with Gasteiger partial charge in [0, 0.05) is 6.04 Å². The van der Waals surface area contributed by atoms with Crippen LogP contribution in [0.3, 0.4) is 0 Å². The van der Waals surface area contributed by atoms with Crippen LogP contribution in [0.15, 0.2) is 0 Å². The van der Waals surface area contributed by atoms with E-state index in [2.05, 4.69) is 18.9 Å². The van der Waals surface area contributed by atoms with Gasteiger partial charge < -0.3 is 10.0 Å². The molecule has 1 aliphatic carbocycles. The molecule has 0 radical (unpaired) electrons.